The Hall–Kier alpha value is -1.17. The second-order valence-electron chi connectivity index (χ2n) is 2.06. The first-order valence-electron chi connectivity index (χ1n) is 3.00. The van der Waals surface area contributed by atoms with E-state index < -0.39 is 22.7 Å². The summed E-state index contributed by atoms with van der Waals surface area (Å²) in [5, 5.41) is -1.23. The summed E-state index contributed by atoms with van der Waals surface area (Å²) in [6.07, 6.45) is -3.26. The van der Waals surface area contributed by atoms with Gasteiger partial charge in [-0.3, -0.25) is 4.79 Å². The third-order valence-electron chi connectivity index (χ3n) is 1.19. The van der Waals surface area contributed by atoms with E-state index in [1.54, 1.807) is 0 Å². The summed E-state index contributed by atoms with van der Waals surface area (Å²) in [6.45, 7) is 0. The lowest BCUT2D eigenvalue weighted by molar-refractivity contribution is -0.141. The second kappa shape index (κ2) is 3.29. The Balaban J connectivity index is 3.28. The fourth-order valence-corrected chi connectivity index (χ4v) is 0.838. The van der Waals surface area contributed by atoms with Crippen LogP contribution in [0.4, 0.5) is 13.2 Å². The van der Waals surface area contributed by atoms with E-state index >= 15 is 0 Å². The van der Waals surface area contributed by atoms with Crippen molar-refractivity contribution in [2.24, 2.45) is 0 Å². The van der Waals surface area contributed by atoms with Crippen LogP contribution in [0.5, 0.6) is 0 Å². The lowest BCUT2D eigenvalue weighted by Gasteiger charge is -2.06. The number of nitrogens with zero attached hydrogens (tertiary/aromatic N) is 2. The van der Waals surface area contributed by atoms with E-state index in [9.17, 15) is 18.0 Å². The molecule has 0 spiro atoms. The first-order valence-corrected chi connectivity index (χ1v) is 3.37. The van der Waals surface area contributed by atoms with Gasteiger partial charge in [0.1, 0.15) is 6.33 Å². The lowest BCUT2D eigenvalue weighted by atomic mass is 10.2. The van der Waals surface area contributed by atoms with E-state index in [1.165, 1.54) is 0 Å². The molecule has 0 amide bonds. The Morgan fingerprint density at radius 1 is 1.46 bits per heavy atom. The van der Waals surface area contributed by atoms with E-state index in [4.69, 9.17) is 11.6 Å². The van der Waals surface area contributed by atoms with Crippen molar-refractivity contribution in [2.45, 2.75) is 6.18 Å². The fourth-order valence-electron chi connectivity index (χ4n) is 0.699. The van der Waals surface area contributed by atoms with Gasteiger partial charge in [-0.25, -0.2) is 9.97 Å². The molecular weight excluding hydrogens is 209 g/mol. The SMILES string of the molecule is O=C(Cl)c1cncnc1C(F)(F)F. The minimum Gasteiger partial charge on any atom is -0.275 e. The van der Waals surface area contributed by atoms with Gasteiger partial charge in [-0.15, -0.1) is 0 Å². The summed E-state index contributed by atoms with van der Waals surface area (Å²) in [4.78, 5) is 16.7. The molecule has 0 aromatic carbocycles. The minimum atomic E-state index is -4.69. The van der Waals surface area contributed by atoms with E-state index in [-0.39, 0.29) is 0 Å². The number of alkyl halides is 3. The third-order valence-corrected chi connectivity index (χ3v) is 1.40. The molecule has 0 fully saturated rings. The van der Waals surface area contributed by atoms with Crippen LogP contribution >= 0.6 is 11.6 Å². The van der Waals surface area contributed by atoms with Crippen LogP contribution in [0.1, 0.15) is 16.1 Å². The van der Waals surface area contributed by atoms with Gasteiger partial charge < -0.3 is 0 Å². The van der Waals surface area contributed by atoms with Gasteiger partial charge in [-0.05, 0) is 11.6 Å². The molecule has 0 aliphatic rings. The van der Waals surface area contributed by atoms with Crippen LogP contribution in [0.2, 0.25) is 0 Å². The molecule has 7 heteroatoms. The first kappa shape index (κ1) is 9.91. The standard InChI is InChI=1S/C6H2ClF3N2O/c7-5(13)3-1-11-2-12-4(3)6(8,9)10/h1-2H. The fraction of sp³-hybridized carbons (Fsp3) is 0.167. The van der Waals surface area contributed by atoms with E-state index in [1.807, 2.05) is 0 Å². The van der Waals surface area contributed by atoms with Gasteiger partial charge >= 0.3 is 6.18 Å². The van der Waals surface area contributed by atoms with Gasteiger partial charge in [0.25, 0.3) is 5.24 Å². The zero-order chi connectivity index (χ0) is 10.1. The minimum absolute atomic E-state index is 0.701. The van der Waals surface area contributed by atoms with Crippen LogP contribution < -0.4 is 0 Å². The summed E-state index contributed by atoms with van der Waals surface area (Å²) in [7, 11) is 0. The molecule has 3 nitrogen and oxygen atoms in total. The molecule has 0 aliphatic carbocycles. The molecule has 0 bridgehead atoms. The van der Waals surface area contributed by atoms with Crippen molar-refractivity contribution in [1.29, 1.82) is 0 Å². The monoisotopic (exact) mass is 210 g/mol. The molecule has 0 saturated heterocycles. The van der Waals surface area contributed by atoms with E-state index in [0.717, 1.165) is 6.20 Å². The second-order valence-corrected chi connectivity index (χ2v) is 2.40. The zero-order valence-electron chi connectivity index (χ0n) is 5.97. The quantitative estimate of drug-likeness (QED) is 0.665. The average molecular weight is 211 g/mol. The molecular formula is C6H2ClF3N2O. The third kappa shape index (κ3) is 2.15. The van der Waals surface area contributed by atoms with Crippen LogP contribution in [0.15, 0.2) is 12.5 Å². The Kier molecular flexibility index (Phi) is 2.51. The van der Waals surface area contributed by atoms with Gasteiger partial charge in [0.15, 0.2) is 5.69 Å². The van der Waals surface area contributed by atoms with Crippen LogP contribution in [-0.4, -0.2) is 15.2 Å². The maximum atomic E-state index is 12.1. The molecule has 70 valence electrons. The van der Waals surface area contributed by atoms with Gasteiger partial charge in [-0.2, -0.15) is 13.2 Å². The summed E-state index contributed by atoms with van der Waals surface area (Å²) >= 11 is 4.90. The molecule has 0 unspecified atom stereocenters. The van der Waals surface area contributed by atoms with Gasteiger partial charge in [0.2, 0.25) is 0 Å². The number of carbonyl (C=O) groups is 1. The number of hydrogen-bond donors (Lipinski definition) is 0. The largest absolute Gasteiger partial charge is 0.434 e. The Labute approximate surface area is 75.6 Å². The summed E-state index contributed by atoms with van der Waals surface area (Å²) in [5.41, 5.74) is -2.06. The number of aromatic nitrogens is 2. The van der Waals surface area contributed by atoms with E-state index in [2.05, 4.69) is 9.97 Å². The highest BCUT2D eigenvalue weighted by molar-refractivity contribution is 6.67. The normalized spacial score (nSPS) is 11.4. The van der Waals surface area contributed by atoms with Crippen LogP contribution in [-0.2, 0) is 6.18 Å². The van der Waals surface area contributed by atoms with Crippen molar-refractivity contribution in [2.75, 3.05) is 0 Å². The molecule has 13 heavy (non-hydrogen) atoms. The predicted molar refractivity (Wildman–Crippen MR) is 37.2 cm³/mol. The molecule has 0 radical (unpaired) electrons. The van der Waals surface area contributed by atoms with Gasteiger partial charge in [0, 0.05) is 6.20 Å². The highest BCUT2D eigenvalue weighted by Gasteiger charge is 2.36. The Morgan fingerprint density at radius 3 is 2.46 bits per heavy atom. The summed E-state index contributed by atoms with van der Waals surface area (Å²) < 4.78 is 36.3. The molecule has 1 rings (SSSR count). The molecule has 0 N–H and O–H groups in total. The first-order chi connectivity index (χ1) is 5.93. The maximum absolute atomic E-state index is 12.1. The number of halogens is 4. The van der Waals surface area contributed by atoms with Crippen molar-refractivity contribution < 1.29 is 18.0 Å². The molecule has 1 aromatic heterocycles. The number of hydrogen-bond acceptors (Lipinski definition) is 3. The molecule has 0 saturated carbocycles. The predicted octanol–water partition coefficient (Wildman–Crippen LogP) is 1.87. The van der Waals surface area contributed by atoms with Crippen LogP contribution in [0.25, 0.3) is 0 Å². The van der Waals surface area contributed by atoms with Crippen molar-refractivity contribution in [1.82, 2.24) is 9.97 Å². The van der Waals surface area contributed by atoms with Crippen molar-refractivity contribution in [3.05, 3.63) is 23.8 Å². The molecule has 1 aromatic rings. The van der Waals surface area contributed by atoms with Crippen LogP contribution in [0, 0.1) is 0 Å². The molecule has 0 atom stereocenters. The van der Waals surface area contributed by atoms with Gasteiger partial charge in [-0.1, -0.05) is 0 Å². The van der Waals surface area contributed by atoms with Crippen molar-refractivity contribution >= 4 is 16.8 Å². The topological polar surface area (TPSA) is 42.9 Å². The van der Waals surface area contributed by atoms with Crippen LogP contribution in [0.3, 0.4) is 0 Å². The number of carbonyl (C=O) groups excluding carboxylic acids is 1. The smallest absolute Gasteiger partial charge is 0.275 e. The molecule has 0 aliphatic heterocycles. The highest BCUT2D eigenvalue weighted by atomic mass is 35.5. The Bertz CT molecular complexity index is 339. The van der Waals surface area contributed by atoms with Gasteiger partial charge in [0.05, 0.1) is 5.56 Å². The highest BCUT2D eigenvalue weighted by Crippen LogP contribution is 2.30. The molecule has 1 heterocycles. The zero-order valence-corrected chi connectivity index (χ0v) is 6.73. The number of rotatable bonds is 1. The van der Waals surface area contributed by atoms with Crippen molar-refractivity contribution in [3.8, 4) is 0 Å². The summed E-state index contributed by atoms with van der Waals surface area (Å²) in [5.74, 6) is 0. The lowest BCUT2D eigenvalue weighted by Crippen LogP contribution is -2.13. The maximum Gasteiger partial charge on any atom is 0.434 e. The van der Waals surface area contributed by atoms with Crippen molar-refractivity contribution in [3.63, 3.8) is 0 Å². The Morgan fingerprint density at radius 2 is 2.08 bits per heavy atom. The average Bonchev–Trinajstić information content (AvgIpc) is 2.03. The van der Waals surface area contributed by atoms with E-state index in [0.29, 0.717) is 6.33 Å². The summed E-state index contributed by atoms with van der Waals surface area (Å²) in [6, 6.07) is 0.